The normalized spacial score (nSPS) is 11.9. The lowest BCUT2D eigenvalue weighted by Gasteiger charge is -2.13. The summed E-state index contributed by atoms with van der Waals surface area (Å²) in [5.41, 5.74) is 4.43. The van der Waals surface area contributed by atoms with Crippen molar-refractivity contribution in [3.63, 3.8) is 0 Å². The van der Waals surface area contributed by atoms with Gasteiger partial charge in [0.15, 0.2) is 5.65 Å². The second kappa shape index (κ2) is 8.76. The molecule has 0 fully saturated rings. The molecule has 0 radical (unpaired) electrons. The topological polar surface area (TPSA) is 91.8 Å². The molecule has 3 aromatic heterocycles. The molecule has 0 saturated carbocycles. The third-order valence-corrected chi connectivity index (χ3v) is 4.92. The highest BCUT2D eigenvalue weighted by atomic mass is 35.5. The zero-order valence-electron chi connectivity index (χ0n) is 16.7. The van der Waals surface area contributed by atoms with Crippen molar-refractivity contribution in [3.8, 4) is 6.19 Å². The molecule has 0 bridgehead atoms. The monoisotopic (exact) mass is 429 g/mol. The van der Waals surface area contributed by atoms with Gasteiger partial charge in [0.2, 0.25) is 6.19 Å². The number of nitriles is 1. The Balaban J connectivity index is 1.86. The molecule has 3 aromatic rings. The highest BCUT2D eigenvalue weighted by Crippen LogP contribution is 2.29. The molecule has 0 aliphatic rings. The molecular weight excluding hydrogens is 409 g/mol. The van der Waals surface area contributed by atoms with Gasteiger partial charge in [0, 0.05) is 18.9 Å². The minimum Gasteiger partial charge on any atom is -0.365 e. The summed E-state index contributed by atoms with van der Waals surface area (Å²) in [5.74, 6) is 1.03. The maximum atomic E-state index is 9.06. The average Bonchev–Trinajstić information content (AvgIpc) is 2.92. The summed E-state index contributed by atoms with van der Waals surface area (Å²) in [5, 5.41) is 18.5. The molecule has 0 spiro atoms. The molecule has 0 aliphatic heterocycles. The molecule has 3 heterocycles. The van der Waals surface area contributed by atoms with Crippen molar-refractivity contribution >= 4 is 45.8 Å². The minimum absolute atomic E-state index is 0.303. The van der Waals surface area contributed by atoms with E-state index >= 15 is 0 Å². The lowest BCUT2D eigenvalue weighted by molar-refractivity contribution is 0.774. The van der Waals surface area contributed by atoms with Crippen LogP contribution in [-0.4, -0.2) is 32.0 Å². The molecule has 0 amide bonds. The summed E-state index contributed by atoms with van der Waals surface area (Å²) in [6, 6.07) is 5.45. The van der Waals surface area contributed by atoms with Crippen LogP contribution >= 0.6 is 23.2 Å². The zero-order valence-corrected chi connectivity index (χ0v) is 18.2. The van der Waals surface area contributed by atoms with Crippen molar-refractivity contribution in [2.45, 2.75) is 33.1 Å². The first-order chi connectivity index (χ1) is 13.8. The maximum Gasteiger partial charge on any atom is 0.205 e. The molecular formula is C20H21Cl2N7. The molecule has 3 rings (SSSR count). The van der Waals surface area contributed by atoms with Crippen molar-refractivity contribution in [2.24, 2.45) is 12.0 Å². The molecule has 7 nitrogen and oxygen atoms in total. The van der Waals surface area contributed by atoms with Crippen LogP contribution < -0.4 is 5.32 Å². The summed E-state index contributed by atoms with van der Waals surface area (Å²) in [6.45, 7) is 6.64. The second-order valence-corrected chi connectivity index (χ2v) is 7.86. The molecule has 0 aliphatic carbocycles. The summed E-state index contributed by atoms with van der Waals surface area (Å²) in [7, 11) is 1.88. The van der Waals surface area contributed by atoms with Crippen LogP contribution in [0.25, 0.3) is 11.0 Å². The van der Waals surface area contributed by atoms with Gasteiger partial charge in [-0.1, -0.05) is 37.0 Å². The van der Waals surface area contributed by atoms with Crippen molar-refractivity contribution in [1.29, 1.82) is 5.26 Å². The fourth-order valence-electron chi connectivity index (χ4n) is 3.28. The number of aryl methyl sites for hydroxylation is 2. The Labute approximate surface area is 179 Å². The van der Waals surface area contributed by atoms with Gasteiger partial charge in [0.25, 0.3) is 0 Å². The highest BCUT2D eigenvalue weighted by molar-refractivity contribution is 6.32. The van der Waals surface area contributed by atoms with E-state index in [2.05, 4.69) is 34.2 Å². The number of rotatable bonds is 6. The van der Waals surface area contributed by atoms with Crippen LogP contribution in [0.15, 0.2) is 23.2 Å². The maximum absolute atomic E-state index is 9.06. The summed E-state index contributed by atoms with van der Waals surface area (Å²) in [6.07, 6.45) is 2.28. The van der Waals surface area contributed by atoms with Gasteiger partial charge in [-0.25, -0.2) is 9.97 Å². The van der Waals surface area contributed by atoms with Crippen LogP contribution in [0.3, 0.4) is 0 Å². The fourth-order valence-corrected chi connectivity index (χ4v) is 3.79. The van der Waals surface area contributed by atoms with Gasteiger partial charge in [-0.3, -0.25) is 4.68 Å². The molecule has 150 valence electrons. The standard InChI is InChI=1S/C20H21Cl2N7/c1-11(2)15-8-18(27-20-19(15)12(3)28-29(20)4)24-9-14(25-10-23)5-13-6-16(21)26-17(22)7-13/h6-8,11H,5,9H2,1-4H3,(H,24,27). The van der Waals surface area contributed by atoms with Crippen molar-refractivity contribution in [3.05, 3.63) is 45.3 Å². The van der Waals surface area contributed by atoms with E-state index in [9.17, 15) is 0 Å². The summed E-state index contributed by atoms with van der Waals surface area (Å²) >= 11 is 11.9. The first-order valence-corrected chi connectivity index (χ1v) is 9.88. The van der Waals surface area contributed by atoms with Gasteiger partial charge in [0.05, 0.1) is 18.0 Å². The number of anilines is 1. The Morgan fingerprint density at radius 3 is 2.55 bits per heavy atom. The molecule has 1 N–H and O–H groups in total. The third-order valence-electron chi connectivity index (χ3n) is 4.53. The van der Waals surface area contributed by atoms with Gasteiger partial charge in [-0.15, -0.1) is 0 Å². The minimum atomic E-state index is 0.303. The van der Waals surface area contributed by atoms with E-state index < -0.39 is 0 Å². The number of hydrogen-bond donors (Lipinski definition) is 1. The Bertz CT molecular complexity index is 1110. The first-order valence-electron chi connectivity index (χ1n) is 9.13. The summed E-state index contributed by atoms with van der Waals surface area (Å²) in [4.78, 5) is 12.6. The average molecular weight is 430 g/mol. The first kappa shape index (κ1) is 21.0. The van der Waals surface area contributed by atoms with E-state index in [1.54, 1.807) is 16.8 Å². The predicted octanol–water partition coefficient (Wildman–Crippen LogP) is 4.68. The van der Waals surface area contributed by atoms with Crippen LogP contribution in [0.4, 0.5) is 5.82 Å². The van der Waals surface area contributed by atoms with Crippen LogP contribution in [0, 0.1) is 18.4 Å². The second-order valence-electron chi connectivity index (χ2n) is 7.09. The zero-order chi connectivity index (χ0) is 21.1. The SMILES string of the molecule is Cc1nn(C)c2nc(NCC(Cc3cc(Cl)nc(Cl)c3)=NC#N)cc(C(C)C)c12. The lowest BCUT2D eigenvalue weighted by Crippen LogP contribution is -2.17. The van der Waals surface area contributed by atoms with E-state index in [0.717, 1.165) is 22.3 Å². The van der Waals surface area contributed by atoms with Gasteiger partial charge in [-0.05, 0) is 42.2 Å². The van der Waals surface area contributed by atoms with Crippen LogP contribution in [-0.2, 0) is 13.5 Å². The lowest BCUT2D eigenvalue weighted by atomic mass is 10.00. The number of fused-ring (bicyclic) bond motifs is 1. The Morgan fingerprint density at radius 1 is 1.24 bits per heavy atom. The summed E-state index contributed by atoms with van der Waals surface area (Å²) < 4.78 is 1.78. The fraction of sp³-hybridized carbons (Fsp3) is 0.350. The molecule has 0 unspecified atom stereocenters. The van der Waals surface area contributed by atoms with E-state index in [1.165, 1.54) is 5.56 Å². The molecule has 29 heavy (non-hydrogen) atoms. The Morgan fingerprint density at radius 2 is 1.93 bits per heavy atom. The van der Waals surface area contributed by atoms with Crippen LogP contribution in [0.2, 0.25) is 10.3 Å². The van der Waals surface area contributed by atoms with Crippen molar-refractivity contribution in [1.82, 2.24) is 19.7 Å². The number of halogens is 2. The van der Waals surface area contributed by atoms with Gasteiger partial charge >= 0.3 is 0 Å². The molecule has 0 saturated heterocycles. The van der Waals surface area contributed by atoms with Crippen LogP contribution in [0.1, 0.15) is 36.6 Å². The molecule has 0 atom stereocenters. The Kier molecular flexibility index (Phi) is 6.36. The third kappa shape index (κ3) is 4.84. The number of pyridine rings is 2. The van der Waals surface area contributed by atoms with Gasteiger partial charge < -0.3 is 5.32 Å². The number of nitrogens with zero attached hydrogens (tertiary/aromatic N) is 6. The van der Waals surface area contributed by atoms with E-state index in [0.29, 0.717) is 40.7 Å². The quantitative estimate of drug-likeness (QED) is 0.348. The number of aliphatic imine (C=N–C) groups is 1. The van der Waals surface area contributed by atoms with Crippen molar-refractivity contribution < 1.29 is 0 Å². The molecule has 9 heteroatoms. The number of hydrogen-bond acceptors (Lipinski definition) is 6. The van der Waals surface area contributed by atoms with Crippen LogP contribution in [0.5, 0.6) is 0 Å². The molecule has 0 aromatic carbocycles. The number of nitrogens with one attached hydrogen (secondary N) is 1. The van der Waals surface area contributed by atoms with E-state index in [4.69, 9.17) is 33.4 Å². The van der Waals surface area contributed by atoms with Gasteiger partial charge in [-0.2, -0.15) is 15.4 Å². The van der Waals surface area contributed by atoms with E-state index in [-0.39, 0.29) is 0 Å². The predicted molar refractivity (Wildman–Crippen MR) is 117 cm³/mol. The highest BCUT2D eigenvalue weighted by Gasteiger charge is 2.16. The smallest absolute Gasteiger partial charge is 0.205 e. The van der Waals surface area contributed by atoms with Crippen molar-refractivity contribution in [2.75, 3.05) is 11.9 Å². The number of aromatic nitrogens is 4. The van der Waals surface area contributed by atoms with Gasteiger partial charge in [0.1, 0.15) is 16.1 Å². The van der Waals surface area contributed by atoms with E-state index in [1.807, 2.05) is 26.2 Å². The largest absolute Gasteiger partial charge is 0.365 e. The Hall–Kier alpha value is -2.69.